The van der Waals surface area contributed by atoms with Crippen molar-refractivity contribution in [3.05, 3.63) is 28.5 Å². The number of fused-ring (bicyclic) bond motifs is 1. The van der Waals surface area contributed by atoms with Gasteiger partial charge in [-0.3, -0.25) is 0 Å². The smallest absolute Gasteiger partial charge is 0.227 e. The highest BCUT2D eigenvalue weighted by atomic mass is 16.3. The Balaban J connectivity index is 3.07. The van der Waals surface area contributed by atoms with Crippen molar-refractivity contribution in [1.82, 2.24) is 4.98 Å². The molecule has 2 aromatic heterocycles. The van der Waals surface area contributed by atoms with Crippen LogP contribution in [0, 0.1) is 6.92 Å². The number of hydrogen-bond acceptors (Lipinski definition) is 2. The van der Waals surface area contributed by atoms with Crippen molar-refractivity contribution < 1.29 is 4.42 Å². The molecule has 12 heavy (non-hydrogen) atoms. The van der Waals surface area contributed by atoms with Crippen LogP contribution in [-0.2, 0) is 0 Å². The Morgan fingerprint density at radius 2 is 2.08 bits per heavy atom. The molecular formula is C10H9NO. The van der Waals surface area contributed by atoms with E-state index in [1.807, 2.05) is 19.1 Å². The number of nitrogens with zero attached hydrogens (tertiary/aromatic N) is 1. The minimum atomic E-state index is 0.600. The summed E-state index contributed by atoms with van der Waals surface area (Å²) in [5, 5.41) is 1.78. The highest BCUT2D eigenvalue weighted by molar-refractivity contribution is 5.74. The molecule has 0 aromatic carbocycles. The van der Waals surface area contributed by atoms with Gasteiger partial charge in [-0.15, -0.1) is 0 Å². The lowest BCUT2D eigenvalue weighted by molar-refractivity contribution is 0.565. The maximum absolute atomic E-state index is 5.29. The van der Waals surface area contributed by atoms with Gasteiger partial charge in [-0.25, -0.2) is 4.98 Å². The van der Waals surface area contributed by atoms with E-state index in [1.54, 1.807) is 0 Å². The van der Waals surface area contributed by atoms with Crippen molar-refractivity contribution in [2.75, 3.05) is 0 Å². The number of hydrogen-bond donors (Lipinski definition) is 0. The molecule has 2 aromatic rings. The van der Waals surface area contributed by atoms with Gasteiger partial charge >= 0.3 is 0 Å². The fraction of sp³-hybridized carbons (Fsp3) is 0.100. The minimum Gasteiger partial charge on any atom is -0.438 e. The summed E-state index contributed by atoms with van der Waals surface area (Å²) in [6.07, 6.45) is 0. The van der Waals surface area contributed by atoms with Crippen LogP contribution < -0.4 is 10.6 Å². The van der Waals surface area contributed by atoms with Gasteiger partial charge in [-0.1, -0.05) is 13.2 Å². The largest absolute Gasteiger partial charge is 0.438 e. The topological polar surface area (TPSA) is 26.0 Å². The predicted molar refractivity (Wildman–Crippen MR) is 49.0 cm³/mol. The van der Waals surface area contributed by atoms with Gasteiger partial charge in [0.15, 0.2) is 0 Å². The third kappa shape index (κ3) is 0.848. The molecule has 0 radical (unpaired) electrons. The number of aromatic nitrogens is 1. The Morgan fingerprint density at radius 1 is 1.33 bits per heavy atom. The molecule has 0 aliphatic heterocycles. The van der Waals surface area contributed by atoms with Crippen molar-refractivity contribution in [2.45, 2.75) is 6.92 Å². The van der Waals surface area contributed by atoms with Crippen LogP contribution in [0.4, 0.5) is 0 Å². The highest BCUT2D eigenvalue weighted by Gasteiger charge is 2.00. The van der Waals surface area contributed by atoms with Gasteiger partial charge < -0.3 is 4.42 Å². The molecule has 2 nitrogen and oxygen atoms in total. The summed E-state index contributed by atoms with van der Waals surface area (Å²) in [7, 11) is 0. The van der Waals surface area contributed by atoms with Crippen LogP contribution in [0.5, 0.6) is 0 Å². The molecule has 0 aliphatic rings. The van der Waals surface area contributed by atoms with Crippen LogP contribution in [-0.4, -0.2) is 4.98 Å². The van der Waals surface area contributed by atoms with E-state index in [2.05, 4.69) is 18.1 Å². The van der Waals surface area contributed by atoms with E-state index >= 15 is 0 Å². The van der Waals surface area contributed by atoms with Gasteiger partial charge in [0, 0.05) is 16.3 Å². The molecule has 0 atom stereocenters. The summed E-state index contributed by atoms with van der Waals surface area (Å²) < 4.78 is 5.29. The number of aryl methyl sites for hydroxylation is 1. The second-order valence-corrected chi connectivity index (χ2v) is 2.81. The van der Waals surface area contributed by atoms with Crippen LogP contribution in [0.15, 0.2) is 16.5 Å². The molecule has 0 amide bonds. The van der Waals surface area contributed by atoms with E-state index < -0.39 is 0 Å². The normalized spacial score (nSPS) is 10.8. The molecule has 0 fully saturated rings. The zero-order valence-electron chi connectivity index (χ0n) is 6.92. The first kappa shape index (κ1) is 7.10. The van der Waals surface area contributed by atoms with Crippen LogP contribution in [0.3, 0.4) is 0 Å². The Kier molecular flexibility index (Phi) is 1.30. The van der Waals surface area contributed by atoms with Gasteiger partial charge in [0.2, 0.25) is 5.71 Å². The summed E-state index contributed by atoms with van der Waals surface area (Å²) in [4.78, 5) is 4.21. The molecule has 0 unspecified atom stereocenters. The molecule has 2 rings (SSSR count). The lowest BCUT2D eigenvalue weighted by Crippen LogP contribution is -2.15. The monoisotopic (exact) mass is 159 g/mol. The van der Waals surface area contributed by atoms with Crippen molar-refractivity contribution in [3.63, 3.8) is 0 Å². The Bertz CT molecular complexity index is 524. The average Bonchev–Trinajstić information content (AvgIpc) is 2.28. The molecule has 0 aliphatic carbocycles. The average molecular weight is 159 g/mol. The number of pyridine rings is 1. The number of furan rings is 1. The van der Waals surface area contributed by atoms with Crippen LogP contribution in [0.2, 0.25) is 0 Å². The standard InChI is InChI=1S/C10H9NO/c1-6-4-5-9-7(2)8(3)12-10(9)11-6/h4-5H,2-3H2,1H3. The van der Waals surface area contributed by atoms with Crippen molar-refractivity contribution in [2.24, 2.45) is 0 Å². The third-order valence-electron chi connectivity index (χ3n) is 1.88. The van der Waals surface area contributed by atoms with Crippen molar-refractivity contribution in [1.29, 1.82) is 0 Å². The van der Waals surface area contributed by atoms with Crippen molar-refractivity contribution in [3.8, 4) is 0 Å². The molecule has 2 heteroatoms. The molecule has 0 saturated heterocycles. The van der Waals surface area contributed by atoms with E-state index in [1.165, 1.54) is 0 Å². The van der Waals surface area contributed by atoms with E-state index in [-0.39, 0.29) is 0 Å². The quantitative estimate of drug-likeness (QED) is 0.572. The molecule has 60 valence electrons. The first-order chi connectivity index (χ1) is 5.68. The summed E-state index contributed by atoms with van der Waals surface area (Å²) in [5.41, 5.74) is 2.17. The molecule has 2 heterocycles. The Labute approximate surface area is 69.8 Å². The summed E-state index contributed by atoms with van der Waals surface area (Å²) >= 11 is 0. The predicted octanol–water partition coefficient (Wildman–Crippen LogP) is 0.957. The summed E-state index contributed by atoms with van der Waals surface area (Å²) in [5.74, 6) is 0. The molecular weight excluding hydrogens is 150 g/mol. The van der Waals surface area contributed by atoms with Gasteiger partial charge in [-0.2, -0.15) is 0 Å². The van der Waals surface area contributed by atoms with E-state index in [0.29, 0.717) is 11.1 Å². The highest BCUT2D eigenvalue weighted by Crippen LogP contribution is 2.05. The first-order valence-electron chi connectivity index (χ1n) is 3.72. The van der Waals surface area contributed by atoms with E-state index in [9.17, 15) is 0 Å². The maximum Gasteiger partial charge on any atom is 0.227 e. The van der Waals surface area contributed by atoms with Gasteiger partial charge in [0.25, 0.3) is 0 Å². The Morgan fingerprint density at radius 3 is 2.83 bits per heavy atom. The number of rotatable bonds is 0. The lowest BCUT2D eigenvalue weighted by atomic mass is 10.3. The summed E-state index contributed by atoms with van der Waals surface area (Å²) in [6, 6.07) is 3.89. The van der Waals surface area contributed by atoms with Crippen LogP contribution >= 0.6 is 0 Å². The fourth-order valence-corrected chi connectivity index (χ4v) is 1.17. The molecule has 0 N–H and O–H groups in total. The zero-order chi connectivity index (χ0) is 8.72. The molecule has 0 bridgehead atoms. The van der Waals surface area contributed by atoms with E-state index in [0.717, 1.165) is 16.3 Å². The van der Waals surface area contributed by atoms with Gasteiger partial charge in [0.1, 0.15) is 5.42 Å². The Hall–Kier alpha value is -1.57. The second-order valence-electron chi connectivity index (χ2n) is 2.81. The van der Waals surface area contributed by atoms with Crippen LogP contribution in [0.1, 0.15) is 5.69 Å². The third-order valence-corrected chi connectivity index (χ3v) is 1.88. The minimum absolute atomic E-state index is 0.600. The maximum atomic E-state index is 5.29. The molecule has 0 saturated carbocycles. The zero-order valence-corrected chi connectivity index (χ0v) is 6.92. The SMILES string of the molecule is C=c1oc2nc(C)ccc2c1=C. The molecule has 0 spiro atoms. The first-order valence-corrected chi connectivity index (χ1v) is 3.72. The van der Waals surface area contributed by atoms with Crippen LogP contribution in [0.25, 0.3) is 24.3 Å². The van der Waals surface area contributed by atoms with E-state index in [4.69, 9.17) is 4.42 Å². The lowest BCUT2D eigenvalue weighted by Gasteiger charge is -1.88. The van der Waals surface area contributed by atoms with Gasteiger partial charge in [0.05, 0.1) is 0 Å². The fourth-order valence-electron chi connectivity index (χ4n) is 1.17. The second kappa shape index (κ2) is 2.21. The van der Waals surface area contributed by atoms with Crippen molar-refractivity contribution >= 4 is 24.3 Å². The van der Waals surface area contributed by atoms with Gasteiger partial charge in [-0.05, 0) is 19.1 Å². The summed E-state index contributed by atoms with van der Waals surface area (Å²) in [6.45, 7) is 9.48.